The zero-order valence-electron chi connectivity index (χ0n) is 14.0. The van der Waals surface area contributed by atoms with Gasteiger partial charge in [-0.25, -0.2) is 0 Å². The van der Waals surface area contributed by atoms with E-state index in [1.54, 1.807) is 42.0 Å². The number of hydrogen-bond donors (Lipinski definition) is 0. The monoisotopic (exact) mass is 300 g/mol. The minimum Gasteiger partial charge on any atom is -0.322 e. The van der Waals surface area contributed by atoms with Gasteiger partial charge in [0.1, 0.15) is 11.7 Å². The van der Waals surface area contributed by atoms with E-state index in [2.05, 4.69) is 6.58 Å². The van der Waals surface area contributed by atoms with Crippen LogP contribution in [0.2, 0.25) is 0 Å². The van der Waals surface area contributed by atoms with Gasteiger partial charge in [0.15, 0.2) is 0 Å². The molecule has 2 atom stereocenters. The molecule has 2 rings (SSSR count). The van der Waals surface area contributed by atoms with Gasteiger partial charge in [-0.15, -0.1) is 6.58 Å². The maximum absolute atomic E-state index is 13.1. The summed E-state index contributed by atoms with van der Waals surface area (Å²) in [5, 5.41) is 0. The summed E-state index contributed by atoms with van der Waals surface area (Å²) in [6, 6.07) is 9.06. The fraction of sp³-hybridized carbons (Fsp3) is 0.444. The van der Waals surface area contributed by atoms with Gasteiger partial charge >= 0.3 is 0 Å². The second-order valence-corrected chi connectivity index (χ2v) is 7.05. The van der Waals surface area contributed by atoms with Crippen LogP contribution in [0.25, 0.3) is 0 Å². The highest BCUT2D eigenvalue weighted by atomic mass is 16.2. The Kier molecular flexibility index (Phi) is 3.90. The molecular weight excluding hydrogens is 276 g/mol. The van der Waals surface area contributed by atoms with E-state index in [0.717, 1.165) is 0 Å². The molecule has 4 heteroatoms. The van der Waals surface area contributed by atoms with E-state index in [0.29, 0.717) is 5.56 Å². The number of amides is 2. The number of likely N-dealkylation sites (N-methyl/N-ethyl adjacent to an activating group) is 1. The van der Waals surface area contributed by atoms with E-state index < -0.39 is 5.54 Å². The Hall–Kier alpha value is -2.10. The summed E-state index contributed by atoms with van der Waals surface area (Å²) < 4.78 is 0. The molecule has 1 aliphatic heterocycles. The maximum atomic E-state index is 13.1. The summed E-state index contributed by atoms with van der Waals surface area (Å²) in [7, 11) is 1.75. The highest BCUT2D eigenvalue weighted by Gasteiger charge is 2.57. The average Bonchev–Trinajstić information content (AvgIpc) is 2.69. The van der Waals surface area contributed by atoms with E-state index in [1.807, 2.05) is 39.0 Å². The molecule has 0 radical (unpaired) electrons. The first kappa shape index (κ1) is 16.3. The third-order valence-corrected chi connectivity index (χ3v) is 4.28. The molecule has 0 saturated carbocycles. The first-order valence-corrected chi connectivity index (χ1v) is 7.44. The molecule has 1 saturated heterocycles. The normalized spacial score (nSPS) is 25.5. The van der Waals surface area contributed by atoms with Crippen molar-refractivity contribution in [2.45, 2.75) is 39.4 Å². The summed E-state index contributed by atoms with van der Waals surface area (Å²) in [6.07, 6.45) is 1.24. The maximum Gasteiger partial charge on any atom is 0.256 e. The lowest BCUT2D eigenvalue weighted by Crippen LogP contribution is -2.54. The van der Waals surface area contributed by atoms with Gasteiger partial charge < -0.3 is 4.90 Å². The number of carbonyl (C=O) groups is 2. The lowest BCUT2D eigenvalue weighted by molar-refractivity contribution is -0.131. The first-order valence-electron chi connectivity index (χ1n) is 7.44. The molecule has 0 aromatic heterocycles. The number of rotatable bonds is 2. The van der Waals surface area contributed by atoms with Crippen LogP contribution in [0.4, 0.5) is 0 Å². The lowest BCUT2D eigenvalue weighted by Gasteiger charge is -2.40. The molecule has 1 aromatic rings. The third-order valence-electron chi connectivity index (χ3n) is 4.28. The molecule has 0 N–H and O–H groups in total. The minimum atomic E-state index is -1.03. The van der Waals surface area contributed by atoms with E-state index >= 15 is 0 Å². The zero-order chi connectivity index (χ0) is 16.7. The smallest absolute Gasteiger partial charge is 0.256 e. The molecule has 1 heterocycles. The molecular formula is C18H24N2O2. The molecule has 0 aliphatic carbocycles. The topological polar surface area (TPSA) is 40.6 Å². The summed E-state index contributed by atoms with van der Waals surface area (Å²) in [6.45, 7) is 11.6. The van der Waals surface area contributed by atoms with Crippen molar-refractivity contribution in [1.82, 2.24) is 9.80 Å². The Bertz CT molecular complexity index is 603. The van der Waals surface area contributed by atoms with Crippen molar-refractivity contribution in [3.05, 3.63) is 48.6 Å². The number of benzene rings is 1. The van der Waals surface area contributed by atoms with Gasteiger partial charge in [-0.2, -0.15) is 0 Å². The van der Waals surface area contributed by atoms with E-state index in [4.69, 9.17) is 0 Å². The molecule has 0 unspecified atom stereocenters. The Labute approximate surface area is 132 Å². The van der Waals surface area contributed by atoms with Crippen molar-refractivity contribution < 1.29 is 9.59 Å². The molecule has 118 valence electrons. The molecule has 1 aliphatic rings. The van der Waals surface area contributed by atoms with Crippen molar-refractivity contribution in [2.75, 3.05) is 7.05 Å². The molecule has 1 aromatic carbocycles. The van der Waals surface area contributed by atoms with Crippen LogP contribution in [0.1, 0.15) is 38.1 Å². The van der Waals surface area contributed by atoms with Crippen LogP contribution in [-0.2, 0) is 4.79 Å². The summed E-state index contributed by atoms with van der Waals surface area (Å²) in [4.78, 5) is 29.1. The van der Waals surface area contributed by atoms with Crippen molar-refractivity contribution in [3.63, 3.8) is 0 Å². The van der Waals surface area contributed by atoms with Crippen LogP contribution in [0.5, 0.6) is 0 Å². The Morgan fingerprint density at radius 2 is 1.82 bits per heavy atom. The number of nitrogens with zero attached hydrogens (tertiary/aromatic N) is 2. The van der Waals surface area contributed by atoms with Crippen molar-refractivity contribution >= 4 is 11.8 Å². The van der Waals surface area contributed by atoms with Crippen molar-refractivity contribution in [3.8, 4) is 0 Å². The molecule has 0 spiro atoms. The molecule has 0 bridgehead atoms. The SMILES string of the molecule is C=C[C@]1(C)C(=O)N(C)[C@H](C(C)(C)C)N1C(=O)c1ccccc1. The number of carbonyl (C=O) groups excluding carboxylic acids is 2. The minimum absolute atomic E-state index is 0.105. The second kappa shape index (κ2) is 5.27. The Morgan fingerprint density at radius 3 is 2.27 bits per heavy atom. The number of hydrogen-bond acceptors (Lipinski definition) is 2. The van der Waals surface area contributed by atoms with Crippen LogP contribution >= 0.6 is 0 Å². The van der Waals surface area contributed by atoms with Gasteiger partial charge in [0.25, 0.3) is 11.8 Å². The van der Waals surface area contributed by atoms with Gasteiger partial charge in [0.2, 0.25) is 0 Å². The van der Waals surface area contributed by atoms with Gasteiger partial charge in [0, 0.05) is 18.0 Å². The standard InChI is InChI=1S/C18H24N2O2/c1-7-18(5)16(22)19(6)15(17(2,3)4)20(18)14(21)13-11-9-8-10-12-13/h7-12,15H,1H2,2-6H3/t15-,18+/m0/s1. The van der Waals surface area contributed by atoms with Crippen molar-refractivity contribution in [2.24, 2.45) is 5.41 Å². The van der Waals surface area contributed by atoms with E-state index in [-0.39, 0.29) is 23.4 Å². The third kappa shape index (κ3) is 2.32. The second-order valence-electron chi connectivity index (χ2n) is 7.05. The molecule has 1 fully saturated rings. The predicted molar refractivity (Wildman–Crippen MR) is 87.2 cm³/mol. The van der Waals surface area contributed by atoms with Crippen LogP contribution in [0.3, 0.4) is 0 Å². The van der Waals surface area contributed by atoms with Crippen LogP contribution in [-0.4, -0.2) is 40.4 Å². The van der Waals surface area contributed by atoms with Gasteiger partial charge in [-0.05, 0) is 19.1 Å². The molecule has 22 heavy (non-hydrogen) atoms. The Morgan fingerprint density at radius 1 is 1.27 bits per heavy atom. The first-order chi connectivity index (χ1) is 10.1. The predicted octanol–water partition coefficient (Wildman–Crippen LogP) is 2.92. The summed E-state index contributed by atoms with van der Waals surface area (Å²) >= 11 is 0. The van der Waals surface area contributed by atoms with Gasteiger partial charge in [-0.1, -0.05) is 45.0 Å². The average molecular weight is 300 g/mol. The highest BCUT2D eigenvalue weighted by Crippen LogP contribution is 2.40. The summed E-state index contributed by atoms with van der Waals surface area (Å²) in [5.74, 6) is -0.257. The highest BCUT2D eigenvalue weighted by molar-refractivity contribution is 6.02. The van der Waals surface area contributed by atoms with Gasteiger partial charge in [0.05, 0.1) is 0 Å². The van der Waals surface area contributed by atoms with Crippen LogP contribution in [0.15, 0.2) is 43.0 Å². The fourth-order valence-corrected chi connectivity index (χ4v) is 3.19. The van der Waals surface area contributed by atoms with E-state index in [9.17, 15) is 9.59 Å². The zero-order valence-corrected chi connectivity index (χ0v) is 14.0. The largest absolute Gasteiger partial charge is 0.322 e. The lowest BCUT2D eigenvalue weighted by atomic mass is 9.89. The fourth-order valence-electron chi connectivity index (χ4n) is 3.19. The molecule has 2 amide bonds. The van der Waals surface area contributed by atoms with Gasteiger partial charge in [-0.3, -0.25) is 14.5 Å². The van der Waals surface area contributed by atoms with E-state index in [1.165, 1.54) is 0 Å². The van der Waals surface area contributed by atoms with Crippen molar-refractivity contribution in [1.29, 1.82) is 0 Å². The summed E-state index contributed by atoms with van der Waals surface area (Å²) in [5.41, 5.74) is -0.720. The Balaban J connectivity index is 2.58. The quantitative estimate of drug-likeness (QED) is 0.788. The van der Waals surface area contributed by atoms with Crippen LogP contribution < -0.4 is 0 Å². The van der Waals surface area contributed by atoms with Crippen LogP contribution in [0, 0.1) is 5.41 Å². The molecule has 4 nitrogen and oxygen atoms in total.